The molecule has 82 valence electrons. The van der Waals surface area contributed by atoms with Crippen molar-refractivity contribution >= 4 is 11.4 Å². The first-order chi connectivity index (χ1) is 7.58. The summed E-state index contributed by atoms with van der Waals surface area (Å²) in [4.78, 5) is 23.2. The molecule has 1 aromatic heterocycles. The van der Waals surface area contributed by atoms with Crippen LogP contribution in [-0.2, 0) is 0 Å². The van der Waals surface area contributed by atoms with E-state index in [0.717, 1.165) is 0 Å². The molecule has 2 rings (SSSR count). The number of anilines is 1. The van der Waals surface area contributed by atoms with Crippen LogP contribution >= 0.6 is 0 Å². The standard InChI is InChI=1S/C8H7N5O3/c9-6-2-1-4(13(15)16)3-5(6)7-10-8(14)12-11-7/h1-3H,9H2,(H2,10,11,12,14). The first-order valence-electron chi connectivity index (χ1n) is 4.27. The van der Waals surface area contributed by atoms with Gasteiger partial charge in [-0.1, -0.05) is 0 Å². The van der Waals surface area contributed by atoms with Gasteiger partial charge < -0.3 is 5.73 Å². The number of nitro groups is 1. The summed E-state index contributed by atoms with van der Waals surface area (Å²) in [5, 5.41) is 16.4. The zero-order chi connectivity index (χ0) is 11.7. The van der Waals surface area contributed by atoms with E-state index in [4.69, 9.17) is 5.73 Å². The summed E-state index contributed by atoms with van der Waals surface area (Å²) in [5.74, 6) is 0.172. The summed E-state index contributed by atoms with van der Waals surface area (Å²) in [7, 11) is 0. The number of aromatic nitrogens is 3. The second kappa shape index (κ2) is 3.50. The maximum atomic E-state index is 10.8. The van der Waals surface area contributed by atoms with Crippen LogP contribution in [0.15, 0.2) is 23.0 Å². The maximum Gasteiger partial charge on any atom is 0.340 e. The van der Waals surface area contributed by atoms with Gasteiger partial charge in [-0.3, -0.25) is 15.1 Å². The van der Waals surface area contributed by atoms with Crippen LogP contribution in [0.2, 0.25) is 0 Å². The van der Waals surface area contributed by atoms with Crippen LogP contribution in [0.1, 0.15) is 0 Å². The first kappa shape index (κ1) is 9.90. The zero-order valence-corrected chi connectivity index (χ0v) is 7.93. The van der Waals surface area contributed by atoms with Crippen molar-refractivity contribution in [2.45, 2.75) is 0 Å². The SMILES string of the molecule is Nc1ccc([N+](=O)[O-])cc1-c1n[nH]c(=O)[nH]1. The van der Waals surface area contributed by atoms with Gasteiger partial charge in [0.25, 0.3) is 5.69 Å². The molecular weight excluding hydrogens is 214 g/mol. The van der Waals surface area contributed by atoms with Crippen molar-refractivity contribution in [2.75, 3.05) is 5.73 Å². The van der Waals surface area contributed by atoms with Crippen molar-refractivity contribution in [3.05, 3.63) is 38.8 Å². The van der Waals surface area contributed by atoms with Crippen LogP contribution in [0, 0.1) is 10.1 Å². The Kier molecular flexibility index (Phi) is 2.16. The fraction of sp³-hybridized carbons (Fsp3) is 0. The summed E-state index contributed by atoms with van der Waals surface area (Å²) < 4.78 is 0. The van der Waals surface area contributed by atoms with Gasteiger partial charge in [0.2, 0.25) is 0 Å². The quantitative estimate of drug-likeness (QED) is 0.380. The van der Waals surface area contributed by atoms with Crippen LogP contribution in [-0.4, -0.2) is 20.1 Å². The van der Waals surface area contributed by atoms with E-state index in [1.807, 2.05) is 0 Å². The van der Waals surface area contributed by atoms with Gasteiger partial charge in [-0.25, -0.2) is 9.89 Å². The average molecular weight is 221 g/mol. The minimum absolute atomic E-state index is 0.118. The van der Waals surface area contributed by atoms with Gasteiger partial charge in [0.1, 0.15) is 0 Å². The third-order valence-electron chi connectivity index (χ3n) is 2.00. The van der Waals surface area contributed by atoms with Gasteiger partial charge >= 0.3 is 5.69 Å². The van der Waals surface area contributed by atoms with Crippen molar-refractivity contribution in [1.29, 1.82) is 0 Å². The second-order valence-corrected chi connectivity index (χ2v) is 3.06. The fourth-order valence-corrected chi connectivity index (χ4v) is 1.26. The first-order valence-corrected chi connectivity index (χ1v) is 4.27. The molecule has 0 spiro atoms. The Morgan fingerprint density at radius 3 is 2.75 bits per heavy atom. The third kappa shape index (κ3) is 1.63. The number of benzene rings is 1. The van der Waals surface area contributed by atoms with E-state index >= 15 is 0 Å². The highest BCUT2D eigenvalue weighted by Gasteiger charge is 2.12. The van der Waals surface area contributed by atoms with Crippen LogP contribution in [0.4, 0.5) is 11.4 Å². The van der Waals surface area contributed by atoms with Crippen molar-refractivity contribution in [2.24, 2.45) is 0 Å². The van der Waals surface area contributed by atoms with Crippen molar-refractivity contribution in [1.82, 2.24) is 15.2 Å². The summed E-state index contributed by atoms with van der Waals surface area (Å²) in [5.41, 5.74) is 5.63. The summed E-state index contributed by atoms with van der Waals surface area (Å²) in [6, 6.07) is 3.92. The number of nitrogen functional groups attached to an aromatic ring is 1. The number of aromatic amines is 2. The zero-order valence-electron chi connectivity index (χ0n) is 7.93. The second-order valence-electron chi connectivity index (χ2n) is 3.06. The smallest absolute Gasteiger partial charge is 0.340 e. The predicted molar refractivity (Wildman–Crippen MR) is 55.7 cm³/mol. The molecule has 0 unspecified atom stereocenters. The van der Waals surface area contributed by atoms with Crippen molar-refractivity contribution < 1.29 is 4.92 Å². The molecule has 0 aliphatic rings. The van der Waals surface area contributed by atoms with Crippen LogP contribution in [0.5, 0.6) is 0 Å². The molecule has 0 aliphatic heterocycles. The van der Waals surface area contributed by atoms with Gasteiger partial charge in [0.05, 0.1) is 4.92 Å². The molecule has 0 radical (unpaired) electrons. The summed E-state index contributed by atoms with van der Waals surface area (Å²) in [6.45, 7) is 0. The Labute approximate surface area is 88.3 Å². The predicted octanol–water partition coefficient (Wildman–Crippen LogP) is 0.255. The van der Waals surface area contributed by atoms with Gasteiger partial charge in [-0.05, 0) is 6.07 Å². The highest BCUT2D eigenvalue weighted by Crippen LogP contribution is 2.26. The number of nitrogens with one attached hydrogen (secondary N) is 2. The molecule has 1 heterocycles. The molecule has 0 aliphatic carbocycles. The number of nitro benzene ring substituents is 1. The molecule has 0 saturated heterocycles. The van der Waals surface area contributed by atoms with E-state index in [1.54, 1.807) is 0 Å². The highest BCUT2D eigenvalue weighted by atomic mass is 16.6. The minimum Gasteiger partial charge on any atom is -0.398 e. The Morgan fingerprint density at radius 2 is 2.19 bits per heavy atom. The van der Waals surface area contributed by atoms with Crippen molar-refractivity contribution in [3.63, 3.8) is 0 Å². The Bertz CT molecular complexity index is 600. The fourth-order valence-electron chi connectivity index (χ4n) is 1.26. The molecule has 2 aromatic rings. The summed E-state index contributed by atoms with van der Waals surface area (Å²) >= 11 is 0. The van der Waals surface area contributed by atoms with E-state index < -0.39 is 10.6 Å². The van der Waals surface area contributed by atoms with Crippen molar-refractivity contribution in [3.8, 4) is 11.4 Å². The van der Waals surface area contributed by atoms with Gasteiger partial charge in [-0.2, -0.15) is 5.10 Å². The van der Waals surface area contributed by atoms with E-state index in [-0.39, 0.29) is 11.5 Å². The Balaban J connectivity index is 2.59. The third-order valence-corrected chi connectivity index (χ3v) is 2.00. The van der Waals surface area contributed by atoms with E-state index in [9.17, 15) is 14.9 Å². The van der Waals surface area contributed by atoms with Gasteiger partial charge in [0.15, 0.2) is 5.82 Å². The Morgan fingerprint density at radius 1 is 1.44 bits per heavy atom. The largest absolute Gasteiger partial charge is 0.398 e. The van der Waals surface area contributed by atoms with Crippen LogP contribution in [0.25, 0.3) is 11.4 Å². The van der Waals surface area contributed by atoms with E-state index in [0.29, 0.717) is 11.3 Å². The lowest BCUT2D eigenvalue weighted by molar-refractivity contribution is -0.384. The number of nitrogens with zero attached hydrogens (tertiary/aromatic N) is 2. The number of H-pyrrole nitrogens is 2. The molecule has 8 nitrogen and oxygen atoms in total. The normalized spacial score (nSPS) is 10.2. The molecule has 0 saturated carbocycles. The lowest BCUT2D eigenvalue weighted by Gasteiger charge is -2.00. The van der Waals surface area contributed by atoms with Gasteiger partial charge in [-0.15, -0.1) is 0 Å². The molecule has 0 bridgehead atoms. The summed E-state index contributed by atoms with van der Waals surface area (Å²) in [6.07, 6.45) is 0. The number of non-ortho nitro benzene ring substituents is 1. The molecule has 0 amide bonds. The van der Waals surface area contributed by atoms with E-state index in [1.165, 1.54) is 18.2 Å². The molecular formula is C8H7N5O3. The monoisotopic (exact) mass is 221 g/mol. The minimum atomic E-state index is -0.548. The number of hydrogen-bond acceptors (Lipinski definition) is 5. The number of rotatable bonds is 2. The molecule has 4 N–H and O–H groups in total. The van der Waals surface area contributed by atoms with Crippen LogP contribution in [0.3, 0.4) is 0 Å². The Hall–Kier alpha value is -2.64. The lowest BCUT2D eigenvalue weighted by atomic mass is 10.1. The van der Waals surface area contributed by atoms with Gasteiger partial charge in [0, 0.05) is 23.4 Å². The average Bonchev–Trinajstić information content (AvgIpc) is 2.65. The maximum absolute atomic E-state index is 10.8. The van der Waals surface area contributed by atoms with E-state index in [2.05, 4.69) is 15.2 Å². The highest BCUT2D eigenvalue weighted by molar-refractivity contribution is 5.73. The molecule has 1 aromatic carbocycles. The molecule has 16 heavy (non-hydrogen) atoms. The molecule has 0 fully saturated rings. The molecule has 8 heteroatoms. The molecule has 0 atom stereocenters. The topological polar surface area (TPSA) is 131 Å². The number of nitrogens with two attached hydrogens (primary N) is 1. The number of hydrogen-bond donors (Lipinski definition) is 3. The lowest BCUT2D eigenvalue weighted by Crippen LogP contribution is -2.01. The van der Waals surface area contributed by atoms with Crippen LogP contribution < -0.4 is 11.4 Å².